The fraction of sp³-hybridized carbons (Fsp3) is 0.174. The molecule has 2 nitrogen and oxygen atoms in total. The van der Waals surface area contributed by atoms with Crippen LogP contribution < -0.4 is 5.32 Å². The van der Waals surface area contributed by atoms with Crippen LogP contribution in [0.25, 0.3) is 0 Å². The van der Waals surface area contributed by atoms with Crippen LogP contribution in [-0.4, -0.2) is 5.84 Å². The summed E-state index contributed by atoms with van der Waals surface area (Å²) >= 11 is 6.04. The Bertz CT molecular complexity index is 889. The average molecular weight is 361 g/mol. The van der Waals surface area contributed by atoms with Crippen LogP contribution in [0.1, 0.15) is 41.6 Å². The molecule has 1 unspecified atom stereocenters. The van der Waals surface area contributed by atoms with Crippen molar-refractivity contribution in [3.8, 4) is 0 Å². The van der Waals surface area contributed by atoms with Gasteiger partial charge in [-0.25, -0.2) is 0 Å². The number of hydrogen-bond acceptors (Lipinski definition) is 2. The number of halogens is 1. The molecular formula is C23H21ClN2. The Morgan fingerprint density at radius 1 is 0.808 bits per heavy atom. The Morgan fingerprint density at radius 2 is 1.38 bits per heavy atom. The Hall–Kier alpha value is -2.58. The van der Waals surface area contributed by atoms with Gasteiger partial charge >= 0.3 is 0 Å². The van der Waals surface area contributed by atoms with E-state index >= 15 is 0 Å². The molecule has 0 radical (unpaired) electrons. The Labute approximate surface area is 159 Å². The van der Waals surface area contributed by atoms with Crippen molar-refractivity contribution >= 4 is 17.4 Å². The Kier molecular flexibility index (Phi) is 4.77. The molecule has 0 spiro atoms. The van der Waals surface area contributed by atoms with Crippen molar-refractivity contribution in [2.75, 3.05) is 0 Å². The van der Waals surface area contributed by atoms with Gasteiger partial charge in [-0.2, -0.15) is 0 Å². The standard InChI is InChI=1S/C23H21ClN2/c1-16(17-12-14-20(24)15-13-17)23-25-21(18-8-4-2-5-9-18)22(26-23)19-10-6-3-7-11-19/h2-16,21-22H,1H3,(H,25,26)/t16?,21-,22+. The lowest BCUT2D eigenvalue weighted by atomic mass is 9.95. The maximum absolute atomic E-state index is 6.04. The van der Waals surface area contributed by atoms with Crippen LogP contribution in [0, 0.1) is 0 Å². The molecule has 3 heteroatoms. The smallest absolute Gasteiger partial charge is 0.105 e. The van der Waals surface area contributed by atoms with E-state index in [1.54, 1.807) is 0 Å². The maximum atomic E-state index is 6.04. The van der Waals surface area contributed by atoms with E-state index < -0.39 is 0 Å². The van der Waals surface area contributed by atoms with Crippen molar-refractivity contribution in [2.45, 2.75) is 24.9 Å². The summed E-state index contributed by atoms with van der Waals surface area (Å²) in [4.78, 5) is 5.09. The number of rotatable bonds is 4. The second-order valence-corrected chi connectivity index (χ2v) is 7.11. The quantitative estimate of drug-likeness (QED) is 0.612. The number of hydrogen-bond donors (Lipinski definition) is 1. The topological polar surface area (TPSA) is 24.4 Å². The fourth-order valence-corrected chi connectivity index (χ4v) is 3.62. The minimum absolute atomic E-state index is 0.0725. The average Bonchev–Trinajstić information content (AvgIpc) is 3.15. The molecule has 0 bridgehead atoms. The van der Waals surface area contributed by atoms with Crippen molar-refractivity contribution in [1.29, 1.82) is 0 Å². The SMILES string of the molecule is CC(C1=N[C@@H](c2ccccc2)[C@@H](c2ccccc2)N1)c1ccc(Cl)cc1. The van der Waals surface area contributed by atoms with Crippen LogP contribution in [0.2, 0.25) is 5.02 Å². The van der Waals surface area contributed by atoms with E-state index in [1.165, 1.54) is 16.7 Å². The summed E-state index contributed by atoms with van der Waals surface area (Å²) in [6.45, 7) is 2.19. The van der Waals surface area contributed by atoms with Crippen molar-refractivity contribution in [3.05, 3.63) is 107 Å². The van der Waals surface area contributed by atoms with E-state index in [0.29, 0.717) is 0 Å². The molecule has 4 rings (SSSR count). The van der Waals surface area contributed by atoms with Crippen LogP contribution in [0.5, 0.6) is 0 Å². The first-order valence-electron chi connectivity index (χ1n) is 8.92. The Balaban J connectivity index is 1.69. The molecule has 0 aliphatic carbocycles. The first-order valence-corrected chi connectivity index (χ1v) is 9.30. The highest BCUT2D eigenvalue weighted by Crippen LogP contribution is 2.38. The minimum Gasteiger partial charge on any atom is -0.364 e. The number of benzene rings is 3. The summed E-state index contributed by atoms with van der Waals surface area (Å²) in [5.74, 6) is 1.21. The van der Waals surface area contributed by atoms with Gasteiger partial charge < -0.3 is 5.32 Å². The van der Waals surface area contributed by atoms with Gasteiger partial charge in [0.2, 0.25) is 0 Å². The molecule has 1 heterocycles. The molecule has 0 saturated carbocycles. The zero-order chi connectivity index (χ0) is 17.9. The summed E-state index contributed by atoms with van der Waals surface area (Å²) < 4.78 is 0. The van der Waals surface area contributed by atoms with Gasteiger partial charge in [-0.1, -0.05) is 91.3 Å². The molecule has 130 valence electrons. The lowest BCUT2D eigenvalue weighted by molar-refractivity contribution is 0.571. The van der Waals surface area contributed by atoms with Crippen LogP contribution >= 0.6 is 11.6 Å². The third kappa shape index (κ3) is 3.38. The zero-order valence-corrected chi connectivity index (χ0v) is 15.4. The van der Waals surface area contributed by atoms with Crippen molar-refractivity contribution in [3.63, 3.8) is 0 Å². The fourth-order valence-electron chi connectivity index (χ4n) is 3.49. The Morgan fingerprint density at radius 3 is 2.00 bits per heavy atom. The normalized spacial score (nSPS) is 20.3. The lowest BCUT2D eigenvalue weighted by Gasteiger charge is -2.20. The van der Waals surface area contributed by atoms with Crippen molar-refractivity contribution in [2.24, 2.45) is 4.99 Å². The van der Waals surface area contributed by atoms with Gasteiger partial charge in [-0.3, -0.25) is 4.99 Å². The van der Waals surface area contributed by atoms with Crippen molar-refractivity contribution < 1.29 is 0 Å². The van der Waals surface area contributed by atoms with Gasteiger partial charge in [-0.05, 0) is 28.8 Å². The second-order valence-electron chi connectivity index (χ2n) is 6.68. The van der Waals surface area contributed by atoms with E-state index in [9.17, 15) is 0 Å². The number of aliphatic imine (C=N–C) groups is 1. The van der Waals surface area contributed by atoms with Crippen molar-refractivity contribution in [1.82, 2.24) is 5.32 Å². The number of nitrogens with one attached hydrogen (secondary N) is 1. The number of amidine groups is 1. The predicted octanol–water partition coefficient (Wildman–Crippen LogP) is 5.93. The van der Waals surface area contributed by atoms with E-state index in [2.05, 4.69) is 72.9 Å². The largest absolute Gasteiger partial charge is 0.364 e. The van der Waals surface area contributed by atoms with Gasteiger partial charge in [0.1, 0.15) is 11.9 Å². The molecule has 0 saturated heterocycles. The van der Waals surface area contributed by atoms with Crippen LogP contribution in [0.3, 0.4) is 0 Å². The molecular weight excluding hydrogens is 340 g/mol. The van der Waals surface area contributed by atoms with Crippen LogP contribution in [0.4, 0.5) is 0 Å². The van der Waals surface area contributed by atoms with Crippen LogP contribution in [-0.2, 0) is 0 Å². The number of nitrogens with zero attached hydrogens (tertiary/aromatic N) is 1. The monoisotopic (exact) mass is 360 g/mol. The lowest BCUT2D eigenvalue weighted by Crippen LogP contribution is -2.27. The minimum atomic E-state index is 0.0725. The zero-order valence-electron chi connectivity index (χ0n) is 14.6. The van der Waals surface area contributed by atoms with E-state index in [-0.39, 0.29) is 18.0 Å². The first-order chi connectivity index (χ1) is 12.7. The van der Waals surface area contributed by atoms with Gasteiger partial charge in [0.25, 0.3) is 0 Å². The molecule has 1 N–H and O–H groups in total. The van der Waals surface area contributed by atoms with Gasteiger partial charge in [0.15, 0.2) is 0 Å². The summed E-state index contributed by atoms with van der Waals surface area (Å²) in [5, 5.41) is 4.44. The second kappa shape index (κ2) is 7.35. The summed E-state index contributed by atoms with van der Waals surface area (Å²) in [7, 11) is 0. The summed E-state index contributed by atoms with van der Waals surface area (Å²) in [5.41, 5.74) is 3.69. The van der Waals surface area contributed by atoms with Gasteiger partial charge in [-0.15, -0.1) is 0 Å². The van der Waals surface area contributed by atoms with E-state index in [4.69, 9.17) is 16.6 Å². The third-order valence-corrected chi connectivity index (χ3v) is 5.23. The molecule has 3 aromatic carbocycles. The third-order valence-electron chi connectivity index (χ3n) is 4.98. The predicted molar refractivity (Wildman–Crippen MR) is 109 cm³/mol. The molecule has 1 aliphatic heterocycles. The maximum Gasteiger partial charge on any atom is 0.105 e. The van der Waals surface area contributed by atoms with E-state index in [0.717, 1.165) is 10.9 Å². The molecule has 3 aromatic rings. The highest BCUT2D eigenvalue weighted by atomic mass is 35.5. The molecule has 0 amide bonds. The molecule has 26 heavy (non-hydrogen) atoms. The molecule has 0 aromatic heterocycles. The first kappa shape index (κ1) is 16.9. The highest BCUT2D eigenvalue weighted by Gasteiger charge is 2.33. The van der Waals surface area contributed by atoms with E-state index in [1.807, 2.05) is 24.3 Å². The molecule has 3 atom stereocenters. The van der Waals surface area contributed by atoms with Gasteiger partial charge in [0, 0.05) is 10.9 Å². The molecule has 0 fully saturated rings. The highest BCUT2D eigenvalue weighted by molar-refractivity contribution is 6.30. The summed E-state index contributed by atoms with van der Waals surface area (Å²) in [6.07, 6.45) is 0. The van der Waals surface area contributed by atoms with Crippen LogP contribution in [0.15, 0.2) is 89.9 Å². The molecule has 1 aliphatic rings. The van der Waals surface area contributed by atoms with Gasteiger partial charge in [0.05, 0.1) is 6.04 Å². The summed E-state index contributed by atoms with van der Waals surface area (Å²) in [6, 6.07) is 29.3.